The van der Waals surface area contributed by atoms with Gasteiger partial charge in [-0.1, -0.05) is 18.2 Å². The second-order valence-corrected chi connectivity index (χ2v) is 5.44. The number of hydrogen-bond acceptors (Lipinski definition) is 4. The van der Waals surface area contributed by atoms with Crippen LogP contribution >= 0.6 is 0 Å². The van der Waals surface area contributed by atoms with Crippen LogP contribution in [0, 0.1) is 0 Å². The topological polar surface area (TPSA) is 84.9 Å². The molecule has 1 heterocycles. The Bertz CT molecular complexity index is 772. The number of carboxylic acid groups (broad SMARTS) is 1. The molecule has 0 unspecified atom stereocenters. The van der Waals surface area contributed by atoms with Crippen LogP contribution in [0.3, 0.4) is 0 Å². The molecule has 0 radical (unpaired) electrons. The summed E-state index contributed by atoms with van der Waals surface area (Å²) in [6.45, 7) is 0.240. The van der Waals surface area contributed by atoms with E-state index in [0.29, 0.717) is 18.5 Å². The first kappa shape index (κ1) is 15.9. The molecule has 124 valence electrons. The van der Waals surface area contributed by atoms with Crippen molar-refractivity contribution in [3.8, 4) is 11.5 Å². The van der Waals surface area contributed by atoms with Crippen molar-refractivity contribution in [2.45, 2.75) is 19.3 Å². The summed E-state index contributed by atoms with van der Waals surface area (Å²) in [5.41, 5.74) is 1.47. The summed E-state index contributed by atoms with van der Waals surface area (Å²) in [6.07, 6.45) is 1.69. The highest BCUT2D eigenvalue weighted by molar-refractivity contribution is 6.00. The van der Waals surface area contributed by atoms with Gasteiger partial charge in [0.1, 0.15) is 0 Å². The molecule has 0 aliphatic carbocycles. The molecule has 1 amide bonds. The highest BCUT2D eigenvalue weighted by atomic mass is 16.7. The number of carbonyl (C=O) groups excluding carboxylic acids is 1. The average molecular weight is 327 g/mol. The fourth-order valence-corrected chi connectivity index (χ4v) is 2.54. The van der Waals surface area contributed by atoms with Crippen molar-refractivity contribution >= 4 is 17.6 Å². The summed E-state index contributed by atoms with van der Waals surface area (Å²) in [5, 5.41) is 11.8. The quantitative estimate of drug-likeness (QED) is 0.852. The summed E-state index contributed by atoms with van der Waals surface area (Å²) in [7, 11) is 0. The van der Waals surface area contributed by atoms with E-state index in [4.69, 9.17) is 14.6 Å². The molecule has 0 bridgehead atoms. The van der Waals surface area contributed by atoms with Crippen molar-refractivity contribution < 1.29 is 24.2 Å². The Hall–Kier alpha value is -3.02. The van der Waals surface area contributed by atoms with Gasteiger partial charge in [0.15, 0.2) is 11.5 Å². The number of nitrogens with one attached hydrogen (secondary N) is 1. The molecule has 0 saturated heterocycles. The van der Waals surface area contributed by atoms with Crippen LogP contribution in [-0.2, 0) is 11.2 Å². The molecule has 3 rings (SSSR count). The predicted octanol–water partition coefficient (Wildman–Crippen LogP) is 3.07. The van der Waals surface area contributed by atoms with Gasteiger partial charge in [0.2, 0.25) is 12.7 Å². The SMILES string of the molecule is O=C(CCCc1ccc2c(c1)OCO2)Nc1ccccc1C(=O)O. The molecule has 6 heteroatoms. The van der Waals surface area contributed by atoms with Gasteiger partial charge in [-0.15, -0.1) is 0 Å². The van der Waals surface area contributed by atoms with Crippen LogP contribution in [-0.4, -0.2) is 23.8 Å². The minimum atomic E-state index is -1.06. The van der Waals surface area contributed by atoms with Crippen LogP contribution in [0.1, 0.15) is 28.8 Å². The van der Waals surface area contributed by atoms with Crippen molar-refractivity contribution in [3.05, 3.63) is 53.6 Å². The van der Waals surface area contributed by atoms with Gasteiger partial charge >= 0.3 is 5.97 Å². The lowest BCUT2D eigenvalue weighted by Crippen LogP contribution is -2.14. The van der Waals surface area contributed by atoms with E-state index in [0.717, 1.165) is 23.5 Å². The highest BCUT2D eigenvalue weighted by Gasteiger charge is 2.14. The molecule has 1 aliphatic heterocycles. The molecule has 0 atom stereocenters. The number of carbonyl (C=O) groups is 2. The molecule has 2 aromatic rings. The zero-order chi connectivity index (χ0) is 16.9. The second-order valence-electron chi connectivity index (χ2n) is 5.44. The van der Waals surface area contributed by atoms with E-state index in [1.54, 1.807) is 18.2 Å². The zero-order valence-corrected chi connectivity index (χ0v) is 13.0. The Kier molecular flexibility index (Phi) is 4.65. The normalized spacial score (nSPS) is 12.0. The number of aryl methyl sites for hydroxylation is 1. The summed E-state index contributed by atoms with van der Waals surface area (Å²) in [6, 6.07) is 12.1. The Morgan fingerprint density at radius 3 is 2.71 bits per heavy atom. The third-order valence-corrected chi connectivity index (χ3v) is 3.74. The lowest BCUT2D eigenvalue weighted by atomic mass is 10.1. The Morgan fingerprint density at radius 2 is 1.88 bits per heavy atom. The molecular weight excluding hydrogens is 310 g/mol. The van der Waals surface area contributed by atoms with E-state index >= 15 is 0 Å². The molecule has 24 heavy (non-hydrogen) atoms. The first-order chi connectivity index (χ1) is 11.6. The molecule has 2 aromatic carbocycles. The molecule has 6 nitrogen and oxygen atoms in total. The summed E-state index contributed by atoms with van der Waals surface area (Å²) < 4.78 is 10.6. The minimum Gasteiger partial charge on any atom is -0.478 e. The van der Waals surface area contributed by atoms with Crippen LogP contribution in [0.4, 0.5) is 5.69 Å². The minimum absolute atomic E-state index is 0.0848. The van der Waals surface area contributed by atoms with Crippen LogP contribution < -0.4 is 14.8 Å². The van der Waals surface area contributed by atoms with E-state index in [9.17, 15) is 9.59 Å². The molecular formula is C18H17NO5. The first-order valence-corrected chi connectivity index (χ1v) is 7.64. The predicted molar refractivity (Wildman–Crippen MR) is 87.5 cm³/mol. The number of hydrogen-bond donors (Lipinski definition) is 2. The van der Waals surface area contributed by atoms with Gasteiger partial charge in [-0.25, -0.2) is 4.79 Å². The number of carboxylic acids is 1. The second kappa shape index (κ2) is 7.04. The molecule has 0 saturated carbocycles. The maximum atomic E-state index is 12.0. The number of rotatable bonds is 6. The van der Waals surface area contributed by atoms with Gasteiger partial charge in [0.25, 0.3) is 0 Å². The van der Waals surface area contributed by atoms with Crippen molar-refractivity contribution in [1.82, 2.24) is 0 Å². The summed E-state index contributed by atoms with van der Waals surface area (Å²) >= 11 is 0. The van der Waals surface area contributed by atoms with Gasteiger partial charge in [0, 0.05) is 6.42 Å². The number of amides is 1. The summed E-state index contributed by atoms with van der Waals surface area (Å²) in [4.78, 5) is 23.1. The number of fused-ring (bicyclic) bond motifs is 1. The maximum absolute atomic E-state index is 12.0. The van der Waals surface area contributed by atoms with E-state index in [1.165, 1.54) is 6.07 Å². The Morgan fingerprint density at radius 1 is 1.08 bits per heavy atom. The molecule has 0 aromatic heterocycles. The average Bonchev–Trinajstić information content (AvgIpc) is 3.03. The number of benzene rings is 2. The first-order valence-electron chi connectivity index (χ1n) is 7.64. The third kappa shape index (κ3) is 3.65. The molecule has 0 spiro atoms. The number of aromatic carboxylic acids is 1. The highest BCUT2D eigenvalue weighted by Crippen LogP contribution is 2.32. The van der Waals surface area contributed by atoms with Gasteiger partial charge in [0.05, 0.1) is 11.3 Å². The number of ether oxygens (including phenoxy) is 2. The van der Waals surface area contributed by atoms with Gasteiger partial charge in [-0.05, 0) is 42.7 Å². The fourth-order valence-electron chi connectivity index (χ4n) is 2.54. The fraction of sp³-hybridized carbons (Fsp3) is 0.222. The Balaban J connectivity index is 1.52. The third-order valence-electron chi connectivity index (χ3n) is 3.74. The van der Waals surface area contributed by atoms with Crippen LogP contribution in [0.15, 0.2) is 42.5 Å². The van der Waals surface area contributed by atoms with Gasteiger partial charge < -0.3 is 19.9 Å². The van der Waals surface area contributed by atoms with Gasteiger partial charge in [-0.3, -0.25) is 4.79 Å². The van der Waals surface area contributed by atoms with Gasteiger partial charge in [-0.2, -0.15) is 0 Å². The van der Waals surface area contributed by atoms with E-state index in [2.05, 4.69) is 5.32 Å². The van der Waals surface area contributed by atoms with Crippen molar-refractivity contribution in [1.29, 1.82) is 0 Å². The van der Waals surface area contributed by atoms with E-state index in [-0.39, 0.29) is 18.3 Å². The molecule has 0 fully saturated rings. The van der Waals surface area contributed by atoms with Crippen molar-refractivity contribution in [2.24, 2.45) is 0 Å². The Labute approximate surface area is 139 Å². The largest absolute Gasteiger partial charge is 0.478 e. The lowest BCUT2D eigenvalue weighted by Gasteiger charge is -2.08. The van der Waals surface area contributed by atoms with Crippen LogP contribution in [0.5, 0.6) is 11.5 Å². The zero-order valence-electron chi connectivity index (χ0n) is 13.0. The van der Waals surface area contributed by atoms with E-state index < -0.39 is 5.97 Å². The standard InChI is InChI=1S/C18H17NO5/c20-17(19-14-6-2-1-5-13(14)18(21)22)7-3-4-12-8-9-15-16(10-12)24-11-23-15/h1-2,5-6,8-10H,3-4,7,11H2,(H,19,20)(H,21,22). The van der Waals surface area contributed by atoms with Crippen LogP contribution in [0.2, 0.25) is 0 Å². The summed E-state index contributed by atoms with van der Waals surface area (Å²) in [5.74, 6) is 0.199. The van der Waals surface area contributed by atoms with Crippen LogP contribution in [0.25, 0.3) is 0 Å². The van der Waals surface area contributed by atoms with Crippen molar-refractivity contribution in [3.63, 3.8) is 0 Å². The lowest BCUT2D eigenvalue weighted by molar-refractivity contribution is -0.116. The maximum Gasteiger partial charge on any atom is 0.337 e. The monoisotopic (exact) mass is 327 g/mol. The number of anilines is 1. The van der Waals surface area contributed by atoms with Crippen molar-refractivity contribution in [2.75, 3.05) is 12.1 Å². The van der Waals surface area contributed by atoms with E-state index in [1.807, 2.05) is 18.2 Å². The number of para-hydroxylation sites is 1. The smallest absolute Gasteiger partial charge is 0.337 e. The molecule has 1 aliphatic rings. The molecule has 2 N–H and O–H groups in total.